The molecule has 0 radical (unpaired) electrons. The van der Waals surface area contributed by atoms with Crippen LogP contribution in [0.15, 0.2) is 48.8 Å². The first-order valence-corrected chi connectivity index (χ1v) is 7.66. The van der Waals surface area contributed by atoms with E-state index in [4.69, 9.17) is 0 Å². The molecule has 1 fully saturated rings. The molecule has 1 aliphatic heterocycles. The molecule has 114 valence electrons. The van der Waals surface area contributed by atoms with Crippen LogP contribution in [0.4, 0.5) is 0 Å². The van der Waals surface area contributed by atoms with Crippen LogP contribution in [-0.2, 0) is 11.3 Å². The van der Waals surface area contributed by atoms with Crippen molar-refractivity contribution in [3.63, 3.8) is 0 Å². The molecule has 3 rings (SSSR count). The predicted octanol–water partition coefficient (Wildman–Crippen LogP) is 2.51. The van der Waals surface area contributed by atoms with E-state index in [1.54, 1.807) is 11.0 Å². The fourth-order valence-corrected chi connectivity index (χ4v) is 2.67. The van der Waals surface area contributed by atoms with E-state index in [9.17, 15) is 4.79 Å². The van der Waals surface area contributed by atoms with Crippen molar-refractivity contribution in [3.05, 3.63) is 48.8 Å². The maximum atomic E-state index is 12.3. The Hall–Kier alpha value is -2.43. The van der Waals surface area contributed by atoms with Crippen molar-refractivity contribution < 1.29 is 4.79 Å². The number of hydrogen-bond donors (Lipinski definition) is 0. The highest BCUT2D eigenvalue weighted by molar-refractivity contribution is 5.92. The summed E-state index contributed by atoms with van der Waals surface area (Å²) >= 11 is 0. The third-order valence-corrected chi connectivity index (χ3v) is 3.87. The van der Waals surface area contributed by atoms with Crippen molar-refractivity contribution in [1.82, 2.24) is 19.7 Å². The van der Waals surface area contributed by atoms with Crippen molar-refractivity contribution in [3.8, 4) is 11.4 Å². The van der Waals surface area contributed by atoms with E-state index in [-0.39, 0.29) is 5.91 Å². The van der Waals surface area contributed by atoms with Gasteiger partial charge in [-0.2, -0.15) is 5.10 Å². The van der Waals surface area contributed by atoms with E-state index in [0.29, 0.717) is 17.9 Å². The van der Waals surface area contributed by atoms with Crippen LogP contribution in [0.5, 0.6) is 0 Å². The fourth-order valence-electron chi connectivity index (χ4n) is 2.67. The minimum Gasteiger partial charge on any atom is -0.339 e. The zero-order chi connectivity index (χ0) is 15.4. The van der Waals surface area contributed by atoms with Crippen molar-refractivity contribution in [2.45, 2.75) is 25.8 Å². The third kappa shape index (κ3) is 3.24. The highest BCUT2D eigenvalue weighted by Crippen LogP contribution is 2.15. The summed E-state index contributed by atoms with van der Waals surface area (Å²) < 4.78 is 1.67. The highest BCUT2D eigenvalue weighted by Gasteiger charge is 2.19. The van der Waals surface area contributed by atoms with Gasteiger partial charge in [-0.25, -0.2) is 9.67 Å². The van der Waals surface area contributed by atoms with E-state index in [0.717, 1.165) is 31.5 Å². The molecular weight excluding hydrogens is 276 g/mol. The quantitative estimate of drug-likeness (QED) is 0.815. The van der Waals surface area contributed by atoms with Gasteiger partial charge in [0.15, 0.2) is 5.82 Å². The van der Waals surface area contributed by atoms with Crippen molar-refractivity contribution >= 4 is 5.91 Å². The number of carbonyl (C=O) groups is 1. The van der Waals surface area contributed by atoms with Gasteiger partial charge in [0.1, 0.15) is 6.33 Å². The average Bonchev–Trinajstić information content (AvgIpc) is 3.04. The average molecular weight is 296 g/mol. The number of likely N-dealkylation sites (tertiary alicyclic amines) is 1. The normalized spacial score (nSPS) is 14.8. The lowest BCUT2D eigenvalue weighted by Crippen LogP contribution is -2.37. The largest absolute Gasteiger partial charge is 0.339 e. The summed E-state index contributed by atoms with van der Waals surface area (Å²) in [4.78, 5) is 18.5. The van der Waals surface area contributed by atoms with E-state index >= 15 is 0 Å². The van der Waals surface area contributed by atoms with Gasteiger partial charge in [0, 0.05) is 24.2 Å². The molecule has 0 saturated carbocycles. The summed E-state index contributed by atoms with van der Waals surface area (Å²) in [5.41, 5.74) is 1.53. The Balaban J connectivity index is 1.64. The van der Waals surface area contributed by atoms with Gasteiger partial charge in [-0.1, -0.05) is 36.9 Å². The monoisotopic (exact) mass is 296 g/mol. The Morgan fingerprint density at radius 2 is 1.86 bits per heavy atom. The second kappa shape index (κ2) is 6.56. The van der Waals surface area contributed by atoms with Gasteiger partial charge in [-0.3, -0.25) is 4.79 Å². The number of hydrogen-bond acceptors (Lipinski definition) is 3. The molecule has 0 spiro atoms. The molecule has 1 aliphatic rings. The van der Waals surface area contributed by atoms with Gasteiger partial charge in [0.2, 0.25) is 0 Å². The Labute approximate surface area is 130 Å². The molecule has 0 atom stereocenters. The zero-order valence-electron chi connectivity index (χ0n) is 12.6. The number of nitrogens with zero attached hydrogens (tertiary/aromatic N) is 4. The second-order valence-electron chi connectivity index (χ2n) is 5.59. The summed E-state index contributed by atoms with van der Waals surface area (Å²) in [5.74, 6) is 0.704. The number of carbonyl (C=O) groups excluding carboxylic acids is 1. The van der Waals surface area contributed by atoms with Crippen LogP contribution < -0.4 is 0 Å². The van der Waals surface area contributed by atoms with Crippen LogP contribution >= 0.6 is 0 Å². The van der Waals surface area contributed by atoms with Gasteiger partial charge >= 0.3 is 0 Å². The molecule has 0 bridgehead atoms. The van der Waals surface area contributed by atoms with Crippen LogP contribution in [0.25, 0.3) is 11.4 Å². The van der Waals surface area contributed by atoms with Gasteiger partial charge < -0.3 is 4.90 Å². The summed E-state index contributed by atoms with van der Waals surface area (Å²) in [6.45, 7) is 5.99. The van der Waals surface area contributed by atoms with Crippen molar-refractivity contribution in [1.29, 1.82) is 0 Å². The summed E-state index contributed by atoms with van der Waals surface area (Å²) in [6, 6.07) is 9.80. The summed E-state index contributed by atoms with van der Waals surface area (Å²) in [6.07, 6.45) is 5.03. The molecule has 5 nitrogen and oxygen atoms in total. The number of rotatable bonds is 4. The SMILES string of the molecule is C=C(Cn1cnc(-c2ccccc2)n1)C(=O)N1CCCCC1. The Bertz CT molecular complexity index is 656. The lowest BCUT2D eigenvalue weighted by Gasteiger charge is -2.27. The molecule has 1 saturated heterocycles. The Kier molecular flexibility index (Phi) is 4.32. The molecule has 22 heavy (non-hydrogen) atoms. The number of benzene rings is 1. The van der Waals surface area contributed by atoms with E-state index in [2.05, 4.69) is 16.7 Å². The number of aromatic nitrogens is 3. The van der Waals surface area contributed by atoms with Gasteiger partial charge in [0.05, 0.1) is 6.54 Å². The standard InChI is InChI=1S/C17H20N4O/c1-14(17(22)20-10-6-3-7-11-20)12-21-13-18-16(19-21)15-8-4-2-5-9-15/h2,4-5,8-9,13H,1,3,6-7,10-12H2. The van der Waals surface area contributed by atoms with Crippen LogP contribution in [0.3, 0.4) is 0 Å². The lowest BCUT2D eigenvalue weighted by molar-refractivity contribution is -0.128. The fraction of sp³-hybridized carbons (Fsp3) is 0.353. The van der Waals surface area contributed by atoms with Crippen LogP contribution in [0, 0.1) is 0 Å². The van der Waals surface area contributed by atoms with Gasteiger partial charge in [0.25, 0.3) is 5.91 Å². The minimum absolute atomic E-state index is 0.0384. The van der Waals surface area contributed by atoms with Gasteiger partial charge in [-0.05, 0) is 19.3 Å². The summed E-state index contributed by atoms with van der Waals surface area (Å²) in [7, 11) is 0. The van der Waals surface area contributed by atoms with E-state index < -0.39 is 0 Å². The third-order valence-electron chi connectivity index (χ3n) is 3.87. The zero-order valence-corrected chi connectivity index (χ0v) is 12.6. The van der Waals surface area contributed by atoms with E-state index in [1.165, 1.54) is 6.42 Å². The molecular formula is C17H20N4O. The second-order valence-corrected chi connectivity index (χ2v) is 5.59. The smallest absolute Gasteiger partial charge is 0.251 e. The predicted molar refractivity (Wildman–Crippen MR) is 85.0 cm³/mol. The molecule has 1 amide bonds. The first-order chi connectivity index (χ1) is 10.7. The number of amides is 1. The lowest BCUT2D eigenvalue weighted by atomic mass is 10.1. The van der Waals surface area contributed by atoms with Crippen molar-refractivity contribution in [2.75, 3.05) is 13.1 Å². The molecule has 0 N–H and O–H groups in total. The highest BCUT2D eigenvalue weighted by atomic mass is 16.2. The Morgan fingerprint density at radius 3 is 2.59 bits per heavy atom. The van der Waals surface area contributed by atoms with Crippen LogP contribution in [0.2, 0.25) is 0 Å². The van der Waals surface area contributed by atoms with E-state index in [1.807, 2.05) is 35.2 Å². The summed E-state index contributed by atoms with van der Waals surface area (Å²) in [5, 5.41) is 4.42. The molecule has 1 aromatic carbocycles. The molecule has 2 aromatic rings. The maximum absolute atomic E-state index is 12.3. The first kappa shape index (κ1) is 14.5. The maximum Gasteiger partial charge on any atom is 0.251 e. The molecule has 2 heterocycles. The van der Waals surface area contributed by atoms with Gasteiger partial charge in [-0.15, -0.1) is 0 Å². The van der Waals surface area contributed by atoms with Crippen LogP contribution in [0.1, 0.15) is 19.3 Å². The van der Waals surface area contributed by atoms with Crippen LogP contribution in [-0.4, -0.2) is 38.7 Å². The minimum atomic E-state index is 0.0384. The molecule has 0 aliphatic carbocycles. The molecule has 5 heteroatoms. The Morgan fingerprint density at radius 1 is 1.14 bits per heavy atom. The number of piperidine rings is 1. The topological polar surface area (TPSA) is 51.0 Å². The molecule has 1 aromatic heterocycles. The molecule has 0 unspecified atom stereocenters. The van der Waals surface area contributed by atoms with Crippen molar-refractivity contribution in [2.24, 2.45) is 0 Å². The first-order valence-electron chi connectivity index (χ1n) is 7.66.